The van der Waals surface area contributed by atoms with Crippen LogP contribution in [-0.2, 0) is 4.74 Å². The van der Waals surface area contributed by atoms with Gasteiger partial charge in [0.05, 0.1) is 6.10 Å². The zero-order valence-corrected chi connectivity index (χ0v) is 10.3. The van der Waals surface area contributed by atoms with Crippen LogP contribution in [0.4, 0.5) is 0 Å². The lowest BCUT2D eigenvalue weighted by Crippen LogP contribution is -2.32. The van der Waals surface area contributed by atoms with Crippen molar-refractivity contribution in [1.82, 2.24) is 0 Å². The molecule has 1 aliphatic heterocycles. The van der Waals surface area contributed by atoms with Gasteiger partial charge in [0.15, 0.2) is 0 Å². The molecule has 0 saturated carbocycles. The van der Waals surface area contributed by atoms with Gasteiger partial charge in [-0.25, -0.2) is 0 Å². The average molecular weight is 237 g/mol. The molecule has 0 N–H and O–H groups in total. The third-order valence-electron chi connectivity index (χ3n) is 2.88. The summed E-state index contributed by atoms with van der Waals surface area (Å²) in [7, 11) is 0. The molecular weight excluding hydrogens is 220 g/mol. The molecule has 0 spiro atoms. The summed E-state index contributed by atoms with van der Waals surface area (Å²) in [6, 6.07) is 10.3. The Morgan fingerprint density at radius 2 is 2.12 bits per heavy atom. The van der Waals surface area contributed by atoms with Crippen molar-refractivity contribution >= 4 is 17.7 Å². The molecule has 2 heteroatoms. The maximum absolute atomic E-state index is 6.33. The maximum atomic E-state index is 6.33. The Bertz CT molecular complexity index is 356. The molecule has 0 amide bonds. The number of alkyl halides is 1. The fourth-order valence-corrected chi connectivity index (χ4v) is 2.14. The molecule has 1 fully saturated rings. The predicted molar refractivity (Wildman–Crippen MR) is 68.7 cm³/mol. The van der Waals surface area contributed by atoms with E-state index in [4.69, 9.17) is 16.3 Å². The minimum atomic E-state index is -0.107. The summed E-state index contributed by atoms with van der Waals surface area (Å²) >= 11 is 6.33. The Morgan fingerprint density at radius 3 is 2.81 bits per heavy atom. The van der Waals surface area contributed by atoms with E-state index in [0.29, 0.717) is 0 Å². The molecule has 86 valence electrons. The normalized spacial score (nSPS) is 30.8. The van der Waals surface area contributed by atoms with Crippen LogP contribution < -0.4 is 0 Å². The van der Waals surface area contributed by atoms with E-state index in [0.717, 1.165) is 19.4 Å². The first-order valence-corrected chi connectivity index (χ1v) is 6.07. The highest BCUT2D eigenvalue weighted by atomic mass is 35.5. The minimum Gasteiger partial charge on any atom is -0.374 e. The summed E-state index contributed by atoms with van der Waals surface area (Å²) in [5, 5.41) is 0. The van der Waals surface area contributed by atoms with Crippen molar-refractivity contribution in [3.05, 3.63) is 42.0 Å². The first kappa shape index (κ1) is 11.7. The summed E-state index contributed by atoms with van der Waals surface area (Å²) in [5.41, 5.74) is 1.20. The van der Waals surface area contributed by atoms with E-state index in [1.165, 1.54) is 5.56 Å². The van der Waals surface area contributed by atoms with Crippen molar-refractivity contribution in [3.8, 4) is 0 Å². The van der Waals surface area contributed by atoms with Crippen LogP contribution in [0.5, 0.6) is 0 Å². The summed E-state index contributed by atoms with van der Waals surface area (Å²) < 4.78 is 5.66. The third kappa shape index (κ3) is 3.36. The maximum Gasteiger partial charge on any atom is 0.0775 e. The standard InChI is InChI=1S/C14H17ClO/c1-14(15)9-10-16-13(11-14)8-7-12-5-3-2-4-6-12/h2-8,13H,9-11H2,1H3/b8-7+/t13-,14+/m0/s1. The van der Waals surface area contributed by atoms with Crippen molar-refractivity contribution in [1.29, 1.82) is 0 Å². The second-order valence-electron chi connectivity index (χ2n) is 4.55. The van der Waals surface area contributed by atoms with Gasteiger partial charge < -0.3 is 4.74 Å². The zero-order valence-electron chi connectivity index (χ0n) is 9.53. The lowest BCUT2D eigenvalue weighted by Gasteiger charge is -2.31. The molecular formula is C14H17ClO. The molecule has 1 aromatic carbocycles. The molecule has 2 rings (SSSR count). The quantitative estimate of drug-likeness (QED) is 0.709. The van der Waals surface area contributed by atoms with Crippen LogP contribution in [0.3, 0.4) is 0 Å². The SMILES string of the molecule is C[C@@]1(Cl)CCO[C@@H](/C=C/c2ccccc2)C1. The van der Waals surface area contributed by atoms with E-state index in [2.05, 4.69) is 31.2 Å². The number of hydrogen-bond donors (Lipinski definition) is 0. The van der Waals surface area contributed by atoms with E-state index in [1.807, 2.05) is 18.2 Å². The lowest BCUT2D eigenvalue weighted by molar-refractivity contribution is 0.0318. The van der Waals surface area contributed by atoms with Crippen molar-refractivity contribution in [3.63, 3.8) is 0 Å². The van der Waals surface area contributed by atoms with E-state index < -0.39 is 0 Å². The number of hydrogen-bond acceptors (Lipinski definition) is 1. The fourth-order valence-electron chi connectivity index (χ4n) is 1.91. The van der Waals surface area contributed by atoms with Gasteiger partial charge in [0.1, 0.15) is 0 Å². The van der Waals surface area contributed by atoms with E-state index >= 15 is 0 Å². The molecule has 0 bridgehead atoms. The van der Waals surface area contributed by atoms with Gasteiger partial charge in [-0.1, -0.05) is 42.5 Å². The first-order valence-electron chi connectivity index (χ1n) is 5.69. The van der Waals surface area contributed by atoms with Gasteiger partial charge in [0.25, 0.3) is 0 Å². The molecule has 0 radical (unpaired) electrons. The molecule has 1 heterocycles. The lowest BCUT2D eigenvalue weighted by atomic mass is 9.96. The fraction of sp³-hybridized carbons (Fsp3) is 0.429. The zero-order chi connectivity index (χ0) is 11.4. The highest BCUT2D eigenvalue weighted by Gasteiger charge is 2.29. The summed E-state index contributed by atoms with van der Waals surface area (Å²) in [4.78, 5) is -0.107. The van der Waals surface area contributed by atoms with E-state index in [1.54, 1.807) is 0 Å². The third-order valence-corrected chi connectivity index (χ3v) is 3.23. The van der Waals surface area contributed by atoms with Crippen LogP contribution in [-0.4, -0.2) is 17.6 Å². The number of halogens is 1. The topological polar surface area (TPSA) is 9.23 Å². The van der Waals surface area contributed by atoms with Crippen molar-refractivity contribution < 1.29 is 4.74 Å². The highest BCUT2D eigenvalue weighted by Crippen LogP contribution is 2.31. The molecule has 1 saturated heterocycles. The van der Waals surface area contributed by atoms with Crippen molar-refractivity contribution in [2.24, 2.45) is 0 Å². The monoisotopic (exact) mass is 236 g/mol. The number of rotatable bonds is 2. The summed E-state index contributed by atoms with van der Waals surface area (Å²) in [5.74, 6) is 0. The molecule has 0 unspecified atom stereocenters. The summed E-state index contributed by atoms with van der Waals surface area (Å²) in [6.07, 6.45) is 6.18. The molecule has 16 heavy (non-hydrogen) atoms. The van der Waals surface area contributed by atoms with Gasteiger partial charge in [-0.3, -0.25) is 0 Å². The van der Waals surface area contributed by atoms with Crippen molar-refractivity contribution in [2.45, 2.75) is 30.7 Å². The minimum absolute atomic E-state index is 0.107. The van der Waals surface area contributed by atoms with Gasteiger partial charge in [-0.05, 0) is 25.3 Å². The summed E-state index contributed by atoms with van der Waals surface area (Å²) in [6.45, 7) is 2.84. The molecule has 1 aliphatic rings. The van der Waals surface area contributed by atoms with Crippen LogP contribution in [0.25, 0.3) is 6.08 Å². The second kappa shape index (κ2) is 5.03. The Morgan fingerprint density at radius 1 is 1.38 bits per heavy atom. The first-order chi connectivity index (χ1) is 7.66. The van der Waals surface area contributed by atoms with E-state index in [-0.39, 0.29) is 11.0 Å². The van der Waals surface area contributed by atoms with Crippen LogP contribution in [0.15, 0.2) is 36.4 Å². The van der Waals surface area contributed by atoms with Gasteiger partial charge in [0.2, 0.25) is 0 Å². The van der Waals surface area contributed by atoms with Gasteiger partial charge in [-0.15, -0.1) is 11.6 Å². The molecule has 0 aliphatic carbocycles. The van der Waals surface area contributed by atoms with Crippen LogP contribution in [0, 0.1) is 0 Å². The van der Waals surface area contributed by atoms with Crippen LogP contribution in [0.2, 0.25) is 0 Å². The van der Waals surface area contributed by atoms with Crippen molar-refractivity contribution in [2.75, 3.05) is 6.61 Å². The smallest absolute Gasteiger partial charge is 0.0775 e. The van der Waals surface area contributed by atoms with Gasteiger partial charge in [-0.2, -0.15) is 0 Å². The van der Waals surface area contributed by atoms with E-state index in [9.17, 15) is 0 Å². The van der Waals surface area contributed by atoms with Gasteiger partial charge in [0, 0.05) is 11.5 Å². The molecule has 1 aromatic rings. The second-order valence-corrected chi connectivity index (χ2v) is 5.46. The number of ether oxygens (including phenoxy) is 1. The van der Waals surface area contributed by atoms with Crippen LogP contribution in [0.1, 0.15) is 25.3 Å². The number of benzene rings is 1. The molecule has 2 atom stereocenters. The molecule has 0 aromatic heterocycles. The Labute approximate surface area is 102 Å². The highest BCUT2D eigenvalue weighted by molar-refractivity contribution is 6.23. The predicted octanol–water partition coefficient (Wildman–Crippen LogP) is 3.88. The largest absolute Gasteiger partial charge is 0.374 e. The Kier molecular flexibility index (Phi) is 3.67. The van der Waals surface area contributed by atoms with Crippen LogP contribution >= 0.6 is 11.6 Å². The molecule has 1 nitrogen and oxygen atoms in total. The Balaban J connectivity index is 1.97. The van der Waals surface area contributed by atoms with Gasteiger partial charge >= 0.3 is 0 Å². The Hall–Kier alpha value is -0.790. The average Bonchev–Trinajstić information content (AvgIpc) is 2.27.